The van der Waals surface area contributed by atoms with E-state index in [4.69, 9.17) is 25.8 Å². The van der Waals surface area contributed by atoms with Crippen LogP contribution in [0, 0.1) is 5.92 Å². The first kappa shape index (κ1) is 19.7. The van der Waals surface area contributed by atoms with Gasteiger partial charge >= 0.3 is 5.97 Å². The molecule has 1 fully saturated rings. The molecule has 2 heterocycles. The van der Waals surface area contributed by atoms with Crippen molar-refractivity contribution in [2.24, 2.45) is 5.92 Å². The molecule has 0 aromatic heterocycles. The maximum Gasteiger partial charge on any atom is 0.337 e. The Kier molecular flexibility index (Phi) is 5.74. The van der Waals surface area contributed by atoms with Crippen molar-refractivity contribution in [3.8, 4) is 16.9 Å². The van der Waals surface area contributed by atoms with Gasteiger partial charge in [-0.05, 0) is 36.2 Å². The van der Waals surface area contributed by atoms with Gasteiger partial charge in [-0.1, -0.05) is 23.7 Å². The van der Waals surface area contributed by atoms with Crippen LogP contribution in [0.2, 0.25) is 5.02 Å². The molecule has 152 valence electrons. The van der Waals surface area contributed by atoms with Crippen molar-refractivity contribution in [3.63, 3.8) is 0 Å². The van der Waals surface area contributed by atoms with Gasteiger partial charge in [0.15, 0.2) is 0 Å². The second kappa shape index (κ2) is 8.43. The average molecular weight is 416 g/mol. The maximum absolute atomic E-state index is 12.2. The first-order valence-corrected chi connectivity index (χ1v) is 9.96. The van der Waals surface area contributed by atoms with E-state index in [1.165, 1.54) is 7.11 Å². The van der Waals surface area contributed by atoms with Crippen molar-refractivity contribution < 1.29 is 23.8 Å². The molecule has 1 N–H and O–H groups in total. The van der Waals surface area contributed by atoms with Crippen LogP contribution in [0.25, 0.3) is 11.1 Å². The zero-order valence-electron chi connectivity index (χ0n) is 16.1. The minimum atomic E-state index is -0.382. The van der Waals surface area contributed by atoms with Gasteiger partial charge in [-0.15, -0.1) is 0 Å². The molecule has 2 aromatic carbocycles. The molecule has 2 unspecified atom stereocenters. The summed E-state index contributed by atoms with van der Waals surface area (Å²) in [5.74, 6) is 0.326. The van der Waals surface area contributed by atoms with E-state index >= 15 is 0 Å². The molecule has 0 aliphatic carbocycles. The third kappa shape index (κ3) is 4.23. The number of hydrogen-bond donors (Lipinski definition) is 1. The van der Waals surface area contributed by atoms with Crippen molar-refractivity contribution in [3.05, 3.63) is 52.5 Å². The number of carbonyl (C=O) groups excluding carboxylic acids is 2. The number of methoxy groups -OCH3 is 1. The molecule has 1 amide bonds. The van der Waals surface area contributed by atoms with Crippen molar-refractivity contribution >= 4 is 23.5 Å². The molecule has 0 saturated carbocycles. The summed E-state index contributed by atoms with van der Waals surface area (Å²) in [4.78, 5) is 23.9. The SMILES string of the molecule is COC(=O)c1ccc(-c2cc(Cl)cc3c2OC(CNC(=O)C2CCOC2)C3)cc1. The van der Waals surface area contributed by atoms with E-state index in [1.54, 1.807) is 12.1 Å². The third-order valence-corrected chi connectivity index (χ3v) is 5.50. The van der Waals surface area contributed by atoms with E-state index in [-0.39, 0.29) is 23.9 Å². The normalized spacial score (nSPS) is 20.1. The second-order valence-corrected chi connectivity index (χ2v) is 7.70. The predicted molar refractivity (Wildman–Crippen MR) is 108 cm³/mol. The van der Waals surface area contributed by atoms with Crippen molar-refractivity contribution in [2.75, 3.05) is 26.9 Å². The Morgan fingerprint density at radius 2 is 2.03 bits per heavy atom. The number of ether oxygens (including phenoxy) is 3. The van der Waals surface area contributed by atoms with Crippen LogP contribution in [0.3, 0.4) is 0 Å². The van der Waals surface area contributed by atoms with Crippen molar-refractivity contribution in [1.82, 2.24) is 5.32 Å². The number of hydrogen-bond acceptors (Lipinski definition) is 5. The molecule has 2 aliphatic rings. The van der Waals surface area contributed by atoms with E-state index in [9.17, 15) is 9.59 Å². The zero-order chi connectivity index (χ0) is 20.4. The molecular formula is C22H22ClNO5. The van der Waals surface area contributed by atoms with E-state index in [2.05, 4.69) is 5.32 Å². The number of nitrogens with one attached hydrogen (secondary N) is 1. The van der Waals surface area contributed by atoms with E-state index in [0.29, 0.717) is 36.8 Å². The van der Waals surface area contributed by atoms with Crippen LogP contribution < -0.4 is 10.1 Å². The summed E-state index contributed by atoms with van der Waals surface area (Å²) in [6.45, 7) is 1.56. The highest BCUT2D eigenvalue weighted by Crippen LogP contribution is 2.41. The Labute approximate surface area is 174 Å². The lowest BCUT2D eigenvalue weighted by Gasteiger charge is -2.15. The molecule has 29 heavy (non-hydrogen) atoms. The topological polar surface area (TPSA) is 73.9 Å². The number of fused-ring (bicyclic) bond motifs is 1. The molecular weight excluding hydrogens is 394 g/mol. The van der Waals surface area contributed by atoms with Gasteiger partial charge in [0.05, 0.1) is 31.7 Å². The van der Waals surface area contributed by atoms with Gasteiger partial charge in [0, 0.05) is 29.2 Å². The number of benzene rings is 2. The lowest BCUT2D eigenvalue weighted by atomic mass is 9.99. The molecule has 7 heteroatoms. The van der Waals surface area contributed by atoms with Gasteiger partial charge in [-0.25, -0.2) is 4.79 Å². The van der Waals surface area contributed by atoms with Crippen LogP contribution in [0.4, 0.5) is 0 Å². The van der Waals surface area contributed by atoms with Gasteiger partial charge in [-0.3, -0.25) is 4.79 Å². The fourth-order valence-electron chi connectivity index (χ4n) is 3.73. The first-order valence-electron chi connectivity index (χ1n) is 9.58. The number of halogens is 1. The summed E-state index contributed by atoms with van der Waals surface area (Å²) in [5.41, 5.74) is 3.24. The minimum absolute atomic E-state index is 0.0127. The van der Waals surface area contributed by atoms with Crippen LogP contribution in [-0.4, -0.2) is 44.8 Å². The Morgan fingerprint density at radius 3 is 2.72 bits per heavy atom. The largest absolute Gasteiger partial charge is 0.487 e. The quantitative estimate of drug-likeness (QED) is 0.759. The molecule has 6 nitrogen and oxygen atoms in total. The maximum atomic E-state index is 12.2. The Balaban J connectivity index is 1.49. The molecule has 2 aromatic rings. The molecule has 0 bridgehead atoms. The summed E-state index contributed by atoms with van der Waals surface area (Å²) in [6, 6.07) is 10.9. The summed E-state index contributed by atoms with van der Waals surface area (Å²) in [6.07, 6.45) is 1.28. The first-order chi connectivity index (χ1) is 14.0. The molecule has 2 aliphatic heterocycles. The molecule has 0 spiro atoms. The molecule has 4 rings (SSSR count). The lowest BCUT2D eigenvalue weighted by Crippen LogP contribution is -2.38. The van der Waals surface area contributed by atoms with E-state index < -0.39 is 0 Å². The second-order valence-electron chi connectivity index (χ2n) is 7.26. The average Bonchev–Trinajstić information content (AvgIpc) is 3.41. The highest BCUT2D eigenvalue weighted by Gasteiger charge is 2.29. The summed E-state index contributed by atoms with van der Waals surface area (Å²) < 4.78 is 16.2. The van der Waals surface area contributed by atoms with Gasteiger partial charge in [0.2, 0.25) is 5.91 Å². The Morgan fingerprint density at radius 1 is 1.24 bits per heavy atom. The number of rotatable bonds is 5. The molecule has 0 radical (unpaired) electrons. The Hall–Kier alpha value is -2.57. The van der Waals surface area contributed by atoms with Crippen molar-refractivity contribution in [2.45, 2.75) is 18.9 Å². The van der Waals surface area contributed by atoms with Gasteiger partial charge < -0.3 is 19.5 Å². The molecule has 1 saturated heterocycles. The van der Waals surface area contributed by atoms with Crippen molar-refractivity contribution in [1.29, 1.82) is 0 Å². The zero-order valence-corrected chi connectivity index (χ0v) is 16.8. The highest BCUT2D eigenvalue weighted by atomic mass is 35.5. The van der Waals surface area contributed by atoms with Crippen LogP contribution in [0.1, 0.15) is 22.3 Å². The van der Waals surface area contributed by atoms with Gasteiger partial charge in [-0.2, -0.15) is 0 Å². The van der Waals surface area contributed by atoms with Crippen LogP contribution in [0.15, 0.2) is 36.4 Å². The third-order valence-electron chi connectivity index (χ3n) is 5.28. The lowest BCUT2D eigenvalue weighted by molar-refractivity contribution is -0.125. The number of amides is 1. The highest BCUT2D eigenvalue weighted by molar-refractivity contribution is 6.31. The Bertz CT molecular complexity index is 922. The number of carbonyl (C=O) groups is 2. The standard InChI is InChI=1S/C22H22ClNO5/c1-27-22(26)14-4-2-13(3-5-14)19-10-17(23)8-16-9-18(29-20(16)19)11-24-21(25)15-6-7-28-12-15/h2-5,8,10,15,18H,6-7,9,11-12H2,1H3,(H,24,25). The summed E-state index contributed by atoms with van der Waals surface area (Å²) >= 11 is 6.33. The monoisotopic (exact) mass is 415 g/mol. The smallest absolute Gasteiger partial charge is 0.337 e. The van der Waals surface area contributed by atoms with Crippen LogP contribution in [-0.2, 0) is 20.7 Å². The van der Waals surface area contributed by atoms with Gasteiger partial charge in [0.1, 0.15) is 11.9 Å². The van der Waals surface area contributed by atoms with Gasteiger partial charge in [0.25, 0.3) is 0 Å². The number of esters is 1. The van der Waals surface area contributed by atoms with Crippen LogP contribution >= 0.6 is 11.6 Å². The fraction of sp³-hybridized carbons (Fsp3) is 0.364. The minimum Gasteiger partial charge on any atom is -0.487 e. The van der Waals surface area contributed by atoms with E-state index in [0.717, 1.165) is 28.9 Å². The fourth-order valence-corrected chi connectivity index (χ4v) is 3.97. The summed E-state index contributed by atoms with van der Waals surface area (Å²) in [5, 5.41) is 3.59. The molecule has 2 atom stereocenters. The summed E-state index contributed by atoms with van der Waals surface area (Å²) in [7, 11) is 1.35. The van der Waals surface area contributed by atoms with E-state index in [1.807, 2.05) is 24.3 Å². The van der Waals surface area contributed by atoms with Crippen LogP contribution in [0.5, 0.6) is 5.75 Å². The predicted octanol–water partition coefficient (Wildman–Crippen LogP) is 3.25.